The van der Waals surface area contributed by atoms with Crippen LogP contribution in [-0.4, -0.2) is 25.9 Å². The summed E-state index contributed by atoms with van der Waals surface area (Å²) in [5.41, 5.74) is -0.226. The summed E-state index contributed by atoms with van der Waals surface area (Å²) >= 11 is 5.57. The molecule has 0 aliphatic heterocycles. The number of halogens is 2. The summed E-state index contributed by atoms with van der Waals surface area (Å²) in [5, 5.41) is 8.69. The van der Waals surface area contributed by atoms with Crippen molar-refractivity contribution in [1.82, 2.24) is 0 Å². The number of hydrogen-bond acceptors (Lipinski definition) is 3. The topological polar surface area (TPSA) is 66.4 Å². The number of hydrogen-bond donors (Lipinski definition) is 2. The second-order valence-corrected chi connectivity index (χ2v) is 5.05. The Kier molecular flexibility index (Phi) is 3.90. The zero-order chi connectivity index (χ0) is 11.5. The molecule has 0 aliphatic carbocycles. The highest BCUT2D eigenvalue weighted by Gasteiger charge is 2.12. The molecule has 0 saturated carbocycles. The Morgan fingerprint density at radius 1 is 1.47 bits per heavy atom. The fourth-order valence-electron chi connectivity index (χ4n) is 0.914. The van der Waals surface area contributed by atoms with Gasteiger partial charge in [0.05, 0.1) is 18.0 Å². The lowest BCUT2D eigenvalue weighted by Gasteiger charge is -2.07. The molecule has 0 spiro atoms. The van der Waals surface area contributed by atoms with Crippen molar-refractivity contribution in [3.8, 4) is 0 Å². The summed E-state index contributed by atoms with van der Waals surface area (Å²) in [7, 11) is -3.72. The SMILES string of the molecule is O=S(=O)(CCO)Nc1cc(Cl)ccc1F. The van der Waals surface area contributed by atoms with Crippen LogP contribution in [0.25, 0.3) is 0 Å². The van der Waals surface area contributed by atoms with Gasteiger partial charge < -0.3 is 5.11 Å². The molecule has 0 saturated heterocycles. The first-order chi connectivity index (χ1) is 6.94. The first-order valence-corrected chi connectivity index (χ1v) is 6.04. The van der Waals surface area contributed by atoms with Crippen molar-refractivity contribution < 1.29 is 17.9 Å². The van der Waals surface area contributed by atoms with Crippen LogP contribution in [0.1, 0.15) is 0 Å². The van der Waals surface area contributed by atoms with Crippen LogP contribution in [0.5, 0.6) is 0 Å². The van der Waals surface area contributed by atoms with E-state index in [9.17, 15) is 12.8 Å². The monoisotopic (exact) mass is 253 g/mol. The van der Waals surface area contributed by atoms with Crippen molar-refractivity contribution in [3.63, 3.8) is 0 Å². The normalized spacial score (nSPS) is 11.4. The van der Waals surface area contributed by atoms with E-state index in [-0.39, 0.29) is 10.7 Å². The van der Waals surface area contributed by atoms with E-state index in [2.05, 4.69) is 0 Å². The predicted molar refractivity (Wildman–Crippen MR) is 55.9 cm³/mol. The summed E-state index contributed by atoms with van der Waals surface area (Å²) in [6.45, 7) is -0.530. The molecule has 0 aliphatic rings. The van der Waals surface area contributed by atoms with Gasteiger partial charge in [-0.3, -0.25) is 4.72 Å². The third-order valence-corrected chi connectivity index (χ3v) is 3.04. The maximum Gasteiger partial charge on any atom is 0.235 e. The van der Waals surface area contributed by atoms with E-state index < -0.39 is 28.2 Å². The van der Waals surface area contributed by atoms with Gasteiger partial charge in [-0.05, 0) is 18.2 Å². The quantitative estimate of drug-likeness (QED) is 0.848. The van der Waals surface area contributed by atoms with Crippen LogP contribution in [0.2, 0.25) is 5.02 Å². The number of sulfonamides is 1. The second-order valence-electron chi connectivity index (χ2n) is 2.77. The molecule has 4 nitrogen and oxygen atoms in total. The van der Waals surface area contributed by atoms with Crippen molar-refractivity contribution >= 4 is 27.3 Å². The predicted octanol–water partition coefficient (Wildman–Crippen LogP) is 1.21. The first-order valence-electron chi connectivity index (χ1n) is 4.01. The molecule has 0 unspecified atom stereocenters. The van der Waals surface area contributed by atoms with Crippen LogP contribution in [-0.2, 0) is 10.0 Å². The molecule has 1 aromatic carbocycles. The number of nitrogens with one attached hydrogen (secondary N) is 1. The Balaban J connectivity index is 2.94. The summed E-state index contributed by atoms with van der Waals surface area (Å²) in [6.07, 6.45) is 0. The molecule has 0 radical (unpaired) electrons. The molecule has 84 valence electrons. The summed E-state index contributed by atoms with van der Waals surface area (Å²) in [4.78, 5) is 0. The highest BCUT2D eigenvalue weighted by molar-refractivity contribution is 7.92. The van der Waals surface area contributed by atoms with E-state index in [4.69, 9.17) is 16.7 Å². The van der Waals surface area contributed by atoms with Gasteiger partial charge in [-0.1, -0.05) is 11.6 Å². The minimum atomic E-state index is -3.72. The van der Waals surface area contributed by atoms with Crippen LogP contribution < -0.4 is 4.72 Å². The van der Waals surface area contributed by atoms with Gasteiger partial charge in [0.1, 0.15) is 5.82 Å². The Hall–Kier alpha value is -0.850. The summed E-state index contributed by atoms with van der Waals surface area (Å²) in [6, 6.07) is 3.52. The molecule has 0 amide bonds. The smallest absolute Gasteiger partial charge is 0.235 e. The maximum absolute atomic E-state index is 13.1. The van der Waals surface area contributed by atoms with Crippen molar-refractivity contribution in [1.29, 1.82) is 0 Å². The zero-order valence-corrected chi connectivity index (χ0v) is 9.15. The molecular weight excluding hydrogens is 245 g/mol. The van der Waals surface area contributed by atoms with Crippen LogP contribution >= 0.6 is 11.6 Å². The fourth-order valence-corrected chi connectivity index (χ4v) is 1.92. The highest BCUT2D eigenvalue weighted by Crippen LogP contribution is 2.20. The molecule has 0 heterocycles. The Morgan fingerprint density at radius 3 is 2.73 bits per heavy atom. The van der Waals surface area contributed by atoms with Crippen LogP contribution in [0.15, 0.2) is 18.2 Å². The summed E-state index contributed by atoms with van der Waals surface area (Å²) < 4.78 is 37.4. The Labute approximate surface area is 91.7 Å². The van der Waals surface area contributed by atoms with Gasteiger partial charge in [0.2, 0.25) is 10.0 Å². The average Bonchev–Trinajstić information content (AvgIpc) is 2.10. The van der Waals surface area contributed by atoms with E-state index in [1.165, 1.54) is 6.07 Å². The molecule has 1 rings (SSSR count). The molecule has 1 aromatic rings. The minimum Gasteiger partial charge on any atom is -0.395 e. The lowest BCUT2D eigenvalue weighted by atomic mass is 10.3. The van der Waals surface area contributed by atoms with Gasteiger partial charge >= 0.3 is 0 Å². The van der Waals surface area contributed by atoms with E-state index in [0.29, 0.717) is 0 Å². The number of aliphatic hydroxyl groups excluding tert-OH is 1. The lowest BCUT2D eigenvalue weighted by Crippen LogP contribution is -2.19. The van der Waals surface area contributed by atoms with Crippen molar-refractivity contribution in [3.05, 3.63) is 29.0 Å². The van der Waals surface area contributed by atoms with Crippen molar-refractivity contribution in [2.45, 2.75) is 0 Å². The van der Waals surface area contributed by atoms with E-state index in [0.717, 1.165) is 12.1 Å². The molecule has 0 bridgehead atoms. The van der Waals surface area contributed by atoms with Crippen LogP contribution in [0.4, 0.5) is 10.1 Å². The van der Waals surface area contributed by atoms with Gasteiger partial charge in [0.15, 0.2) is 0 Å². The number of aliphatic hydroxyl groups is 1. The van der Waals surface area contributed by atoms with Gasteiger partial charge in [-0.25, -0.2) is 12.8 Å². The zero-order valence-electron chi connectivity index (χ0n) is 7.57. The van der Waals surface area contributed by atoms with Crippen LogP contribution in [0.3, 0.4) is 0 Å². The molecule has 0 aromatic heterocycles. The van der Waals surface area contributed by atoms with Crippen molar-refractivity contribution in [2.75, 3.05) is 17.1 Å². The highest BCUT2D eigenvalue weighted by atomic mass is 35.5. The van der Waals surface area contributed by atoms with Gasteiger partial charge in [-0.15, -0.1) is 0 Å². The molecule has 15 heavy (non-hydrogen) atoms. The van der Waals surface area contributed by atoms with E-state index in [1.807, 2.05) is 4.72 Å². The van der Waals surface area contributed by atoms with Gasteiger partial charge in [0.25, 0.3) is 0 Å². The Bertz CT molecular complexity index is 449. The lowest BCUT2D eigenvalue weighted by molar-refractivity contribution is 0.320. The maximum atomic E-state index is 13.1. The molecule has 0 atom stereocenters. The standard InChI is InChI=1S/C8H9ClFNO3S/c9-6-1-2-7(10)8(5-6)11-15(13,14)4-3-12/h1-2,5,11-12H,3-4H2. The number of rotatable bonds is 4. The first kappa shape index (κ1) is 12.2. The number of benzene rings is 1. The molecule has 2 N–H and O–H groups in total. The number of anilines is 1. The molecular formula is C8H9ClFNO3S. The molecule has 7 heteroatoms. The summed E-state index contributed by atoms with van der Waals surface area (Å²) in [5.74, 6) is -1.21. The van der Waals surface area contributed by atoms with Gasteiger partial charge in [-0.2, -0.15) is 0 Å². The van der Waals surface area contributed by atoms with E-state index in [1.54, 1.807) is 0 Å². The molecule has 0 fully saturated rings. The third-order valence-electron chi connectivity index (χ3n) is 1.55. The second kappa shape index (κ2) is 4.78. The average molecular weight is 254 g/mol. The van der Waals surface area contributed by atoms with Gasteiger partial charge in [0, 0.05) is 5.02 Å². The largest absolute Gasteiger partial charge is 0.395 e. The van der Waals surface area contributed by atoms with E-state index >= 15 is 0 Å². The third kappa shape index (κ3) is 3.65. The minimum absolute atomic E-state index is 0.220. The van der Waals surface area contributed by atoms with Crippen LogP contribution in [0, 0.1) is 5.82 Å². The fraction of sp³-hybridized carbons (Fsp3) is 0.250. The van der Waals surface area contributed by atoms with Crippen molar-refractivity contribution in [2.24, 2.45) is 0 Å². The Morgan fingerprint density at radius 2 is 2.13 bits per heavy atom.